The molecule has 1 atom stereocenters. The van der Waals surface area contributed by atoms with Gasteiger partial charge in [-0.05, 0) is 37.3 Å². The van der Waals surface area contributed by atoms with Crippen molar-refractivity contribution in [1.29, 1.82) is 0 Å². The summed E-state index contributed by atoms with van der Waals surface area (Å²) in [7, 11) is -2.00. The molecule has 0 saturated carbocycles. The van der Waals surface area contributed by atoms with E-state index in [1.165, 1.54) is 12.7 Å². The van der Waals surface area contributed by atoms with Crippen molar-refractivity contribution in [3.8, 4) is 0 Å². The highest BCUT2D eigenvalue weighted by Crippen LogP contribution is 2.23. The molecular formula is C23H28N10O2S. The molecule has 0 aliphatic carbocycles. The third-order valence-corrected chi connectivity index (χ3v) is 7.26. The number of hydrogen-bond donors (Lipinski definition) is 2. The average molecular weight is 509 g/mol. The van der Waals surface area contributed by atoms with Crippen molar-refractivity contribution in [2.24, 2.45) is 0 Å². The second-order valence-corrected chi connectivity index (χ2v) is 10.9. The molecule has 1 saturated heterocycles. The predicted octanol–water partition coefficient (Wildman–Crippen LogP) is 1.60. The third-order valence-electron chi connectivity index (χ3n) is 6.10. The molecule has 0 spiro atoms. The third kappa shape index (κ3) is 5.06. The lowest BCUT2D eigenvalue weighted by atomic mass is 10.2. The Morgan fingerprint density at radius 2 is 2.00 bits per heavy atom. The lowest BCUT2D eigenvalue weighted by Crippen LogP contribution is -2.49. The highest BCUT2D eigenvalue weighted by molar-refractivity contribution is 7.92. The first-order valence-corrected chi connectivity index (χ1v) is 13.4. The number of sulfonamides is 1. The van der Waals surface area contributed by atoms with E-state index < -0.39 is 10.0 Å². The maximum atomic E-state index is 12.1. The van der Waals surface area contributed by atoms with Gasteiger partial charge >= 0.3 is 0 Å². The maximum Gasteiger partial charge on any atom is 0.233 e. The van der Waals surface area contributed by atoms with E-state index in [1.807, 2.05) is 12.1 Å². The van der Waals surface area contributed by atoms with Gasteiger partial charge in [0.25, 0.3) is 0 Å². The standard InChI is InChI=1S/C23H28N10O2S/c1-16-14-32(12-11-24-16)19-8-6-18(7-9-19)27-23-26-13-20-22(28-23)33(30-29-20)15-17-5-4-10-25-21(17)31(2)36(3,34)35/h4-10,13,16,24H,11-12,14-15H2,1-3H3,(H,26,27,28). The SMILES string of the molecule is CC1CN(c2ccc(Nc3ncc4nnn(Cc5cccnc5N(C)S(C)(=O)=O)c4n3)cc2)CCN1. The topological polar surface area (TPSA) is 134 Å². The van der Waals surface area contributed by atoms with Gasteiger partial charge in [-0.3, -0.25) is 4.31 Å². The minimum atomic E-state index is -3.47. The summed E-state index contributed by atoms with van der Waals surface area (Å²) in [5, 5.41) is 15.1. The monoisotopic (exact) mass is 508 g/mol. The number of anilines is 4. The lowest BCUT2D eigenvalue weighted by molar-refractivity contribution is 0.485. The highest BCUT2D eigenvalue weighted by atomic mass is 32.2. The minimum Gasteiger partial charge on any atom is -0.369 e. The van der Waals surface area contributed by atoms with Crippen LogP contribution in [0.25, 0.3) is 11.2 Å². The molecule has 36 heavy (non-hydrogen) atoms. The Bertz CT molecular complexity index is 1470. The number of rotatable bonds is 7. The molecule has 4 heterocycles. The zero-order valence-corrected chi connectivity index (χ0v) is 21.1. The maximum absolute atomic E-state index is 12.1. The minimum absolute atomic E-state index is 0.244. The van der Waals surface area contributed by atoms with Gasteiger partial charge in [0, 0.05) is 55.9 Å². The molecule has 2 N–H and O–H groups in total. The van der Waals surface area contributed by atoms with E-state index in [1.54, 1.807) is 29.2 Å². The van der Waals surface area contributed by atoms with Crippen molar-refractivity contribution in [2.45, 2.75) is 19.5 Å². The van der Waals surface area contributed by atoms with Gasteiger partial charge in [-0.25, -0.2) is 23.1 Å². The first-order chi connectivity index (χ1) is 17.3. The molecule has 1 fully saturated rings. The molecule has 1 aliphatic rings. The van der Waals surface area contributed by atoms with E-state index in [-0.39, 0.29) is 6.54 Å². The first kappa shape index (κ1) is 23.9. The zero-order chi connectivity index (χ0) is 25.3. The van der Waals surface area contributed by atoms with Crippen LogP contribution in [0.3, 0.4) is 0 Å². The molecule has 0 radical (unpaired) electrons. The van der Waals surface area contributed by atoms with Crippen molar-refractivity contribution >= 4 is 44.3 Å². The van der Waals surface area contributed by atoms with Gasteiger partial charge in [0.15, 0.2) is 11.2 Å². The summed E-state index contributed by atoms with van der Waals surface area (Å²) in [6.07, 6.45) is 4.30. The Morgan fingerprint density at radius 3 is 2.75 bits per heavy atom. The van der Waals surface area contributed by atoms with Crippen molar-refractivity contribution in [1.82, 2.24) is 35.3 Å². The molecule has 4 aromatic rings. The first-order valence-electron chi connectivity index (χ1n) is 11.6. The van der Waals surface area contributed by atoms with E-state index in [2.05, 4.69) is 59.9 Å². The number of nitrogens with one attached hydrogen (secondary N) is 2. The number of pyridine rings is 1. The van der Waals surface area contributed by atoms with E-state index in [0.717, 1.165) is 35.9 Å². The number of fused-ring (bicyclic) bond motifs is 1. The van der Waals surface area contributed by atoms with Crippen LogP contribution in [0.2, 0.25) is 0 Å². The molecule has 0 bridgehead atoms. The fourth-order valence-corrected chi connectivity index (χ4v) is 4.62. The number of aromatic nitrogens is 6. The second-order valence-electron chi connectivity index (χ2n) is 8.84. The van der Waals surface area contributed by atoms with E-state index >= 15 is 0 Å². The van der Waals surface area contributed by atoms with Gasteiger partial charge in [-0.2, -0.15) is 4.98 Å². The quantitative estimate of drug-likeness (QED) is 0.379. The Morgan fingerprint density at radius 1 is 1.19 bits per heavy atom. The van der Waals surface area contributed by atoms with Crippen LogP contribution in [-0.4, -0.2) is 77.3 Å². The summed E-state index contributed by atoms with van der Waals surface area (Å²) in [5.74, 6) is 0.740. The van der Waals surface area contributed by atoms with Crippen LogP contribution in [-0.2, 0) is 16.6 Å². The fraction of sp³-hybridized carbons (Fsp3) is 0.348. The van der Waals surface area contributed by atoms with E-state index in [4.69, 9.17) is 0 Å². The van der Waals surface area contributed by atoms with Crippen LogP contribution in [0, 0.1) is 0 Å². The Hall–Kier alpha value is -3.84. The van der Waals surface area contributed by atoms with Crippen molar-refractivity contribution in [3.05, 3.63) is 54.4 Å². The molecule has 12 nitrogen and oxygen atoms in total. The van der Waals surface area contributed by atoms with Crippen LogP contribution < -0.4 is 19.8 Å². The molecule has 13 heteroatoms. The smallest absolute Gasteiger partial charge is 0.233 e. The Balaban J connectivity index is 1.36. The molecular weight excluding hydrogens is 480 g/mol. The number of piperazine rings is 1. The summed E-state index contributed by atoms with van der Waals surface area (Å²) < 4.78 is 26.9. The van der Waals surface area contributed by atoms with E-state index in [9.17, 15) is 8.42 Å². The predicted molar refractivity (Wildman–Crippen MR) is 139 cm³/mol. The summed E-state index contributed by atoms with van der Waals surface area (Å²) in [6, 6.07) is 12.2. The second kappa shape index (κ2) is 9.66. The van der Waals surface area contributed by atoms with Crippen molar-refractivity contribution in [3.63, 3.8) is 0 Å². The van der Waals surface area contributed by atoms with Crippen LogP contribution >= 0.6 is 0 Å². The lowest BCUT2D eigenvalue weighted by Gasteiger charge is -2.33. The average Bonchev–Trinajstić information content (AvgIpc) is 3.26. The van der Waals surface area contributed by atoms with Crippen LogP contribution in [0.5, 0.6) is 0 Å². The van der Waals surface area contributed by atoms with E-state index in [0.29, 0.717) is 34.5 Å². The summed E-state index contributed by atoms with van der Waals surface area (Å²) in [5.41, 5.74) is 3.77. The van der Waals surface area contributed by atoms with Crippen LogP contribution in [0.4, 0.5) is 23.1 Å². The van der Waals surface area contributed by atoms with Gasteiger partial charge in [-0.15, -0.1) is 5.10 Å². The number of nitrogens with zero attached hydrogens (tertiary/aromatic N) is 8. The van der Waals surface area contributed by atoms with Gasteiger partial charge < -0.3 is 15.5 Å². The van der Waals surface area contributed by atoms with Crippen LogP contribution in [0.15, 0.2) is 48.8 Å². The molecule has 188 valence electrons. The molecule has 3 aromatic heterocycles. The largest absolute Gasteiger partial charge is 0.369 e. The van der Waals surface area contributed by atoms with Crippen molar-refractivity contribution in [2.75, 3.05) is 47.5 Å². The summed E-state index contributed by atoms with van der Waals surface area (Å²) >= 11 is 0. The van der Waals surface area contributed by atoms with Crippen molar-refractivity contribution < 1.29 is 8.42 Å². The normalized spacial score (nSPS) is 16.3. The molecule has 0 amide bonds. The van der Waals surface area contributed by atoms with Gasteiger partial charge in [0.05, 0.1) is 19.0 Å². The molecule has 5 rings (SSSR count). The molecule has 1 aliphatic heterocycles. The van der Waals surface area contributed by atoms with Gasteiger partial charge in [0.2, 0.25) is 16.0 Å². The molecule has 1 unspecified atom stereocenters. The van der Waals surface area contributed by atoms with Gasteiger partial charge in [-0.1, -0.05) is 11.3 Å². The highest BCUT2D eigenvalue weighted by Gasteiger charge is 2.19. The number of benzene rings is 1. The molecule has 1 aromatic carbocycles. The Labute approximate surface area is 209 Å². The number of hydrogen-bond acceptors (Lipinski definition) is 10. The Kier molecular flexibility index (Phi) is 6.41. The zero-order valence-electron chi connectivity index (χ0n) is 20.3. The van der Waals surface area contributed by atoms with Crippen LogP contribution in [0.1, 0.15) is 12.5 Å². The summed E-state index contributed by atoms with van der Waals surface area (Å²) in [6.45, 7) is 5.36. The summed E-state index contributed by atoms with van der Waals surface area (Å²) in [4.78, 5) is 15.6. The fourth-order valence-electron chi connectivity index (χ4n) is 4.15. The van der Waals surface area contributed by atoms with Gasteiger partial charge in [0.1, 0.15) is 5.82 Å².